The van der Waals surface area contributed by atoms with Gasteiger partial charge in [0.25, 0.3) is 0 Å². The Bertz CT molecular complexity index is 600. The van der Waals surface area contributed by atoms with E-state index in [9.17, 15) is 4.79 Å². The van der Waals surface area contributed by atoms with Crippen molar-refractivity contribution >= 4 is 17.7 Å². The number of amides is 1. The first-order valence-corrected chi connectivity index (χ1v) is 9.87. The first-order chi connectivity index (χ1) is 11.5. The summed E-state index contributed by atoms with van der Waals surface area (Å²) in [4.78, 5) is 14.9. The second kappa shape index (κ2) is 7.30. The summed E-state index contributed by atoms with van der Waals surface area (Å²) in [5.74, 6) is 2.99. The molecule has 5 nitrogen and oxygen atoms in total. The van der Waals surface area contributed by atoms with Crippen LogP contribution in [-0.4, -0.2) is 43.9 Å². The molecule has 2 heterocycles. The van der Waals surface area contributed by atoms with Gasteiger partial charge in [-0.05, 0) is 38.0 Å². The largest absolute Gasteiger partial charge is 0.341 e. The third-order valence-corrected chi connectivity index (χ3v) is 5.88. The van der Waals surface area contributed by atoms with Crippen molar-refractivity contribution in [3.63, 3.8) is 0 Å². The van der Waals surface area contributed by atoms with Gasteiger partial charge in [0.1, 0.15) is 5.82 Å². The van der Waals surface area contributed by atoms with Crippen molar-refractivity contribution in [2.75, 3.05) is 13.1 Å². The first kappa shape index (κ1) is 17.5. The summed E-state index contributed by atoms with van der Waals surface area (Å²) in [5.41, 5.74) is 0. The standard InChI is InChI=1S/C18H28N4OS/c1-5-8-22-16(15-6-7-15)19-20-18(22)24-14(4)17(23)21-10-12(2)9-13(3)11-21/h5,12-15H,1,6-11H2,2-4H3. The van der Waals surface area contributed by atoms with Crippen LogP contribution in [0.4, 0.5) is 0 Å². The topological polar surface area (TPSA) is 51.0 Å². The Balaban J connectivity index is 1.68. The normalized spacial score (nSPS) is 25.5. The van der Waals surface area contributed by atoms with Gasteiger partial charge in [-0.3, -0.25) is 4.79 Å². The van der Waals surface area contributed by atoms with Crippen LogP contribution in [0, 0.1) is 11.8 Å². The zero-order valence-corrected chi connectivity index (χ0v) is 15.8. The maximum absolute atomic E-state index is 12.8. The molecule has 0 radical (unpaired) electrons. The van der Waals surface area contributed by atoms with Crippen LogP contribution in [0.1, 0.15) is 51.8 Å². The summed E-state index contributed by atoms with van der Waals surface area (Å²) in [5, 5.41) is 9.42. The van der Waals surface area contributed by atoms with Gasteiger partial charge in [-0.15, -0.1) is 16.8 Å². The number of rotatable bonds is 6. The monoisotopic (exact) mass is 348 g/mol. The summed E-state index contributed by atoms with van der Waals surface area (Å²) in [6.07, 6.45) is 5.47. The maximum atomic E-state index is 12.8. The van der Waals surface area contributed by atoms with E-state index >= 15 is 0 Å². The predicted octanol–water partition coefficient (Wildman–Crippen LogP) is 3.33. The number of carbonyl (C=O) groups is 1. The van der Waals surface area contributed by atoms with Crippen molar-refractivity contribution in [3.05, 3.63) is 18.5 Å². The average Bonchev–Trinajstić information content (AvgIpc) is 3.30. The highest BCUT2D eigenvalue weighted by Crippen LogP contribution is 2.40. The molecule has 2 fully saturated rings. The summed E-state index contributed by atoms with van der Waals surface area (Å²) >= 11 is 1.53. The fourth-order valence-corrected chi connectivity index (χ4v) is 4.59. The van der Waals surface area contributed by atoms with E-state index in [0.717, 1.165) is 24.1 Å². The minimum atomic E-state index is -0.137. The molecular formula is C18H28N4OS. The van der Waals surface area contributed by atoms with E-state index in [4.69, 9.17) is 0 Å². The molecule has 0 aromatic carbocycles. The molecule has 0 bridgehead atoms. The summed E-state index contributed by atoms with van der Waals surface area (Å²) in [7, 11) is 0. The molecule has 1 aromatic rings. The lowest BCUT2D eigenvalue weighted by Gasteiger charge is -2.36. The van der Waals surface area contributed by atoms with Crippen LogP contribution < -0.4 is 0 Å². The molecule has 0 N–H and O–H groups in total. The first-order valence-electron chi connectivity index (χ1n) is 8.99. The van der Waals surface area contributed by atoms with Crippen LogP contribution in [0.5, 0.6) is 0 Å². The highest BCUT2D eigenvalue weighted by Gasteiger charge is 2.32. The minimum Gasteiger partial charge on any atom is -0.341 e. The van der Waals surface area contributed by atoms with Crippen molar-refractivity contribution in [1.29, 1.82) is 0 Å². The van der Waals surface area contributed by atoms with E-state index < -0.39 is 0 Å². The van der Waals surface area contributed by atoms with Gasteiger partial charge in [0.05, 0.1) is 5.25 Å². The number of piperidine rings is 1. The molecule has 1 saturated heterocycles. The van der Waals surface area contributed by atoms with Crippen molar-refractivity contribution in [2.24, 2.45) is 11.8 Å². The van der Waals surface area contributed by atoms with Gasteiger partial charge >= 0.3 is 0 Å². The Morgan fingerprint density at radius 1 is 1.33 bits per heavy atom. The highest BCUT2D eigenvalue weighted by molar-refractivity contribution is 8.00. The Kier molecular flexibility index (Phi) is 5.33. The molecule has 0 spiro atoms. The van der Waals surface area contributed by atoms with Crippen molar-refractivity contribution in [3.8, 4) is 0 Å². The molecule has 1 aromatic heterocycles. The summed E-state index contributed by atoms with van der Waals surface area (Å²) < 4.78 is 2.13. The average molecular weight is 349 g/mol. The van der Waals surface area contributed by atoms with E-state index in [1.165, 1.54) is 31.0 Å². The molecule has 3 unspecified atom stereocenters. The molecule has 3 atom stereocenters. The predicted molar refractivity (Wildman–Crippen MR) is 97.0 cm³/mol. The van der Waals surface area contributed by atoms with Gasteiger partial charge in [-0.1, -0.05) is 31.7 Å². The quantitative estimate of drug-likeness (QED) is 0.584. The lowest BCUT2D eigenvalue weighted by atomic mass is 9.92. The second-order valence-corrected chi connectivity index (χ2v) is 8.77. The van der Waals surface area contributed by atoms with Crippen LogP contribution in [-0.2, 0) is 11.3 Å². The number of hydrogen-bond donors (Lipinski definition) is 0. The molecular weight excluding hydrogens is 320 g/mol. The number of hydrogen-bond acceptors (Lipinski definition) is 4. The lowest BCUT2D eigenvalue weighted by Crippen LogP contribution is -2.45. The number of aromatic nitrogens is 3. The van der Waals surface area contributed by atoms with E-state index in [1.54, 1.807) is 0 Å². The molecule has 24 heavy (non-hydrogen) atoms. The van der Waals surface area contributed by atoms with Gasteiger partial charge in [0.2, 0.25) is 5.91 Å². The summed E-state index contributed by atoms with van der Waals surface area (Å²) in [6, 6.07) is 0. The Hall–Kier alpha value is -1.30. The van der Waals surface area contributed by atoms with Crippen LogP contribution in [0.25, 0.3) is 0 Å². The Morgan fingerprint density at radius 3 is 2.58 bits per heavy atom. The summed E-state index contributed by atoms with van der Waals surface area (Å²) in [6.45, 7) is 12.8. The zero-order valence-electron chi connectivity index (χ0n) is 14.9. The highest BCUT2D eigenvalue weighted by atomic mass is 32.2. The smallest absolute Gasteiger partial charge is 0.235 e. The number of likely N-dealkylation sites (tertiary alicyclic amines) is 1. The van der Waals surface area contributed by atoms with Crippen LogP contribution in [0.15, 0.2) is 17.8 Å². The van der Waals surface area contributed by atoms with Gasteiger partial charge in [0, 0.05) is 25.6 Å². The molecule has 1 aliphatic heterocycles. The molecule has 132 valence electrons. The number of thioether (sulfide) groups is 1. The number of nitrogens with zero attached hydrogens (tertiary/aromatic N) is 4. The molecule has 1 amide bonds. The van der Waals surface area contributed by atoms with Crippen LogP contribution in [0.3, 0.4) is 0 Å². The number of carbonyl (C=O) groups excluding carboxylic acids is 1. The van der Waals surface area contributed by atoms with Crippen molar-refractivity contribution < 1.29 is 4.79 Å². The van der Waals surface area contributed by atoms with Gasteiger partial charge in [0.15, 0.2) is 5.16 Å². The van der Waals surface area contributed by atoms with Gasteiger partial charge < -0.3 is 9.47 Å². The minimum absolute atomic E-state index is 0.137. The van der Waals surface area contributed by atoms with E-state index in [-0.39, 0.29) is 11.2 Å². The van der Waals surface area contributed by atoms with Crippen LogP contribution in [0.2, 0.25) is 0 Å². The van der Waals surface area contributed by atoms with E-state index in [2.05, 4.69) is 35.2 Å². The molecule has 1 aliphatic carbocycles. The molecule has 6 heteroatoms. The third-order valence-electron chi connectivity index (χ3n) is 4.81. The molecule has 2 aliphatic rings. The van der Waals surface area contributed by atoms with Gasteiger partial charge in [-0.25, -0.2) is 0 Å². The van der Waals surface area contributed by atoms with Crippen molar-refractivity contribution in [2.45, 2.75) is 62.9 Å². The molecule has 1 saturated carbocycles. The second-order valence-electron chi connectivity index (χ2n) is 7.46. The van der Waals surface area contributed by atoms with Crippen LogP contribution >= 0.6 is 11.8 Å². The molecule has 3 rings (SSSR count). The SMILES string of the molecule is C=CCn1c(SC(C)C(=O)N2CC(C)CC(C)C2)nnc1C1CC1. The maximum Gasteiger partial charge on any atom is 0.235 e. The Morgan fingerprint density at radius 2 is 2.00 bits per heavy atom. The Labute approximate surface area is 148 Å². The number of allylic oxidation sites excluding steroid dienone is 1. The third kappa shape index (κ3) is 3.85. The zero-order chi connectivity index (χ0) is 17.3. The van der Waals surface area contributed by atoms with E-state index in [0.29, 0.717) is 24.3 Å². The lowest BCUT2D eigenvalue weighted by molar-refractivity contribution is -0.132. The fraction of sp³-hybridized carbons (Fsp3) is 0.722. The fourth-order valence-electron chi connectivity index (χ4n) is 3.64. The van der Waals surface area contributed by atoms with E-state index in [1.807, 2.05) is 17.9 Å². The van der Waals surface area contributed by atoms with Gasteiger partial charge in [-0.2, -0.15) is 0 Å². The van der Waals surface area contributed by atoms with Crippen molar-refractivity contribution in [1.82, 2.24) is 19.7 Å².